The predicted octanol–water partition coefficient (Wildman–Crippen LogP) is 3.97. The van der Waals surface area contributed by atoms with Gasteiger partial charge in [-0.25, -0.2) is 4.39 Å². The second-order valence-corrected chi connectivity index (χ2v) is 6.72. The minimum Gasteiger partial charge on any atom is -0.290 e. The van der Waals surface area contributed by atoms with E-state index in [2.05, 4.69) is 0 Å². The monoisotopic (exact) mass is 307 g/mol. The molecule has 104 valence electrons. The van der Waals surface area contributed by atoms with E-state index in [0.717, 1.165) is 25.7 Å². The number of rotatable bonds is 2. The zero-order valence-corrected chi connectivity index (χ0v) is 12.5. The summed E-state index contributed by atoms with van der Waals surface area (Å²) in [5.41, 5.74) is 0.692. The first kappa shape index (κ1) is 13.8. The van der Waals surface area contributed by atoms with E-state index in [1.165, 1.54) is 23.9 Å². The van der Waals surface area contributed by atoms with Crippen LogP contribution in [-0.4, -0.2) is 21.2 Å². The van der Waals surface area contributed by atoms with Crippen LogP contribution >= 0.6 is 24.0 Å². The average Bonchev–Trinajstić information content (AvgIpc) is 2.99. The van der Waals surface area contributed by atoms with Crippen molar-refractivity contribution in [3.05, 3.63) is 40.6 Å². The SMILES string of the molecule is O=C1C(=Cc2cccc(F)c2)SC(=S)N1C1CCCC1. The number of carbonyl (C=O) groups excluding carboxylic acids is 1. The third-order valence-corrected chi connectivity index (χ3v) is 4.99. The van der Waals surface area contributed by atoms with E-state index >= 15 is 0 Å². The van der Waals surface area contributed by atoms with Crippen LogP contribution in [0, 0.1) is 5.82 Å². The largest absolute Gasteiger partial charge is 0.290 e. The van der Waals surface area contributed by atoms with E-state index in [0.29, 0.717) is 14.8 Å². The van der Waals surface area contributed by atoms with E-state index < -0.39 is 0 Å². The van der Waals surface area contributed by atoms with Crippen molar-refractivity contribution < 1.29 is 9.18 Å². The molecule has 1 aromatic carbocycles. The Morgan fingerprint density at radius 2 is 2.10 bits per heavy atom. The van der Waals surface area contributed by atoms with Crippen LogP contribution in [0.25, 0.3) is 6.08 Å². The summed E-state index contributed by atoms with van der Waals surface area (Å²) >= 11 is 6.64. The highest BCUT2D eigenvalue weighted by Gasteiger charge is 2.37. The Bertz CT molecular complexity index is 593. The molecule has 1 saturated heterocycles. The Balaban J connectivity index is 1.85. The highest BCUT2D eigenvalue weighted by Crippen LogP contribution is 2.37. The minimum absolute atomic E-state index is 0.0313. The fourth-order valence-electron chi connectivity index (χ4n) is 2.70. The van der Waals surface area contributed by atoms with Gasteiger partial charge in [0.2, 0.25) is 0 Å². The van der Waals surface area contributed by atoms with Gasteiger partial charge in [-0.15, -0.1) is 0 Å². The summed E-state index contributed by atoms with van der Waals surface area (Å²) in [6.07, 6.45) is 6.09. The van der Waals surface area contributed by atoms with Gasteiger partial charge in [-0.2, -0.15) is 0 Å². The molecule has 20 heavy (non-hydrogen) atoms. The van der Waals surface area contributed by atoms with Gasteiger partial charge in [0.05, 0.1) is 4.91 Å². The van der Waals surface area contributed by atoms with Crippen molar-refractivity contribution in [1.29, 1.82) is 0 Å². The fraction of sp³-hybridized carbons (Fsp3) is 0.333. The first-order valence-corrected chi connectivity index (χ1v) is 7.90. The highest BCUT2D eigenvalue weighted by molar-refractivity contribution is 8.26. The number of nitrogens with zero attached hydrogens (tertiary/aromatic N) is 1. The molecule has 1 saturated carbocycles. The number of halogens is 1. The van der Waals surface area contributed by atoms with Gasteiger partial charge in [-0.3, -0.25) is 9.69 Å². The third-order valence-electron chi connectivity index (χ3n) is 3.66. The van der Waals surface area contributed by atoms with Crippen LogP contribution in [0.3, 0.4) is 0 Å². The molecular formula is C15H14FNOS2. The van der Waals surface area contributed by atoms with Crippen LogP contribution in [0.4, 0.5) is 4.39 Å². The molecule has 0 radical (unpaired) electrons. The third kappa shape index (κ3) is 2.65. The van der Waals surface area contributed by atoms with Crippen LogP contribution in [0.1, 0.15) is 31.2 Å². The number of thioether (sulfide) groups is 1. The maximum atomic E-state index is 13.2. The molecular weight excluding hydrogens is 293 g/mol. The number of amides is 1. The summed E-state index contributed by atoms with van der Waals surface area (Å²) in [7, 11) is 0. The molecule has 2 nitrogen and oxygen atoms in total. The maximum Gasteiger partial charge on any atom is 0.266 e. The van der Waals surface area contributed by atoms with Crippen molar-refractivity contribution in [2.24, 2.45) is 0 Å². The Labute approximate surface area is 127 Å². The number of hydrogen-bond acceptors (Lipinski definition) is 3. The molecule has 0 aromatic heterocycles. The van der Waals surface area contributed by atoms with Crippen molar-refractivity contribution >= 4 is 40.3 Å². The second-order valence-electron chi connectivity index (χ2n) is 5.04. The summed E-state index contributed by atoms with van der Waals surface area (Å²) in [6.45, 7) is 0. The molecule has 3 rings (SSSR count). The zero-order valence-electron chi connectivity index (χ0n) is 10.8. The summed E-state index contributed by atoms with van der Waals surface area (Å²) < 4.78 is 13.8. The molecule has 1 amide bonds. The second kappa shape index (κ2) is 5.66. The zero-order chi connectivity index (χ0) is 14.1. The fourth-order valence-corrected chi connectivity index (χ4v) is 4.11. The lowest BCUT2D eigenvalue weighted by Gasteiger charge is -2.21. The van der Waals surface area contributed by atoms with Crippen molar-refractivity contribution in [3.8, 4) is 0 Å². The molecule has 0 N–H and O–H groups in total. The molecule has 1 aromatic rings. The lowest BCUT2D eigenvalue weighted by atomic mass is 10.2. The molecule has 2 aliphatic rings. The quantitative estimate of drug-likeness (QED) is 0.609. The van der Waals surface area contributed by atoms with E-state index in [4.69, 9.17) is 12.2 Å². The number of carbonyl (C=O) groups is 1. The first-order chi connectivity index (χ1) is 9.65. The number of hydrogen-bond donors (Lipinski definition) is 0. The van der Waals surface area contributed by atoms with Gasteiger partial charge in [0.1, 0.15) is 10.1 Å². The molecule has 1 aliphatic heterocycles. The highest BCUT2D eigenvalue weighted by atomic mass is 32.2. The van der Waals surface area contributed by atoms with Gasteiger partial charge in [0.15, 0.2) is 0 Å². The molecule has 0 unspecified atom stereocenters. The summed E-state index contributed by atoms with van der Waals surface area (Å²) in [5.74, 6) is -0.332. The Kier molecular flexibility index (Phi) is 3.89. The van der Waals surface area contributed by atoms with E-state index in [1.807, 2.05) is 0 Å². The van der Waals surface area contributed by atoms with Gasteiger partial charge in [0.25, 0.3) is 5.91 Å². The molecule has 5 heteroatoms. The van der Waals surface area contributed by atoms with Gasteiger partial charge in [-0.1, -0.05) is 49.0 Å². The van der Waals surface area contributed by atoms with Gasteiger partial charge in [0, 0.05) is 6.04 Å². The first-order valence-electron chi connectivity index (χ1n) is 6.68. The van der Waals surface area contributed by atoms with Crippen molar-refractivity contribution in [3.63, 3.8) is 0 Å². The average molecular weight is 307 g/mol. The topological polar surface area (TPSA) is 20.3 Å². The maximum absolute atomic E-state index is 13.2. The lowest BCUT2D eigenvalue weighted by molar-refractivity contribution is -0.123. The van der Waals surface area contributed by atoms with Crippen LogP contribution in [0.5, 0.6) is 0 Å². The number of thiocarbonyl (C=S) groups is 1. The van der Waals surface area contributed by atoms with Crippen molar-refractivity contribution in [2.45, 2.75) is 31.7 Å². The minimum atomic E-state index is -0.301. The van der Waals surface area contributed by atoms with E-state index in [-0.39, 0.29) is 17.8 Å². The normalized spacial score (nSPS) is 22.2. The standard InChI is InChI=1S/C15H14FNOS2/c16-11-5-3-4-10(8-11)9-13-14(18)17(15(19)20-13)12-6-1-2-7-12/h3-5,8-9,12H,1-2,6-7H2. The van der Waals surface area contributed by atoms with E-state index in [9.17, 15) is 9.18 Å². The summed E-state index contributed by atoms with van der Waals surface area (Å²) in [5, 5.41) is 0. The van der Waals surface area contributed by atoms with Crippen LogP contribution in [0.15, 0.2) is 29.2 Å². The van der Waals surface area contributed by atoms with Gasteiger partial charge in [-0.05, 0) is 36.6 Å². The van der Waals surface area contributed by atoms with Crippen LogP contribution < -0.4 is 0 Å². The summed E-state index contributed by atoms with van der Waals surface area (Å²) in [6, 6.07) is 6.48. The Morgan fingerprint density at radius 1 is 1.35 bits per heavy atom. The van der Waals surface area contributed by atoms with Crippen LogP contribution in [-0.2, 0) is 4.79 Å². The lowest BCUT2D eigenvalue weighted by Crippen LogP contribution is -2.36. The van der Waals surface area contributed by atoms with E-state index in [1.54, 1.807) is 23.1 Å². The smallest absolute Gasteiger partial charge is 0.266 e. The molecule has 1 aliphatic carbocycles. The molecule has 1 heterocycles. The Hall–Kier alpha value is -1.20. The predicted molar refractivity (Wildman–Crippen MR) is 83.7 cm³/mol. The summed E-state index contributed by atoms with van der Waals surface area (Å²) in [4.78, 5) is 14.8. The number of benzene rings is 1. The molecule has 0 atom stereocenters. The van der Waals surface area contributed by atoms with Crippen molar-refractivity contribution in [2.75, 3.05) is 0 Å². The molecule has 0 spiro atoms. The van der Waals surface area contributed by atoms with Gasteiger partial charge >= 0.3 is 0 Å². The van der Waals surface area contributed by atoms with Crippen molar-refractivity contribution in [1.82, 2.24) is 4.90 Å². The molecule has 0 bridgehead atoms. The van der Waals surface area contributed by atoms with Crippen LogP contribution in [0.2, 0.25) is 0 Å². The van der Waals surface area contributed by atoms with Gasteiger partial charge < -0.3 is 0 Å². The Morgan fingerprint density at radius 3 is 2.80 bits per heavy atom. The molecule has 2 fully saturated rings.